The second-order valence-corrected chi connectivity index (χ2v) is 7.42. The van der Waals surface area contributed by atoms with Gasteiger partial charge in [-0.05, 0) is 37.8 Å². The number of thiazole rings is 1. The standard InChI is InChI=1S/C18H24N4O2S/c1-13-21-16(12-25-13)9-20-17-6-5-15(8-19-17)18(23)22-7-3-4-14(10-22)11-24-2/h5-6,8,12,14H,3-4,7,9-11H2,1-2H3,(H,19,20). The number of hydrogen-bond donors (Lipinski definition) is 1. The normalized spacial score (nSPS) is 17.5. The van der Waals surface area contributed by atoms with Crippen LogP contribution in [0.5, 0.6) is 0 Å². The number of carbonyl (C=O) groups excluding carboxylic acids is 1. The molecule has 0 aromatic carbocycles. The van der Waals surface area contributed by atoms with Gasteiger partial charge in [0.25, 0.3) is 5.91 Å². The second kappa shape index (κ2) is 8.40. The molecule has 1 amide bonds. The van der Waals surface area contributed by atoms with Crippen LogP contribution in [-0.4, -0.2) is 47.6 Å². The van der Waals surface area contributed by atoms with Crippen LogP contribution in [0.25, 0.3) is 0 Å². The molecule has 0 spiro atoms. The number of methoxy groups -OCH3 is 1. The number of hydrogen-bond acceptors (Lipinski definition) is 6. The third-order valence-electron chi connectivity index (χ3n) is 4.34. The van der Waals surface area contributed by atoms with Gasteiger partial charge in [-0.3, -0.25) is 4.79 Å². The van der Waals surface area contributed by atoms with Gasteiger partial charge in [0.1, 0.15) is 5.82 Å². The highest BCUT2D eigenvalue weighted by Gasteiger charge is 2.24. The highest BCUT2D eigenvalue weighted by molar-refractivity contribution is 7.09. The molecule has 0 radical (unpaired) electrons. The van der Waals surface area contributed by atoms with Gasteiger partial charge in [-0.1, -0.05) is 0 Å². The molecule has 1 aliphatic heterocycles. The lowest BCUT2D eigenvalue weighted by Gasteiger charge is -2.32. The zero-order chi connectivity index (χ0) is 17.6. The van der Waals surface area contributed by atoms with E-state index in [1.165, 1.54) is 0 Å². The topological polar surface area (TPSA) is 67.3 Å². The van der Waals surface area contributed by atoms with Crippen LogP contribution >= 0.6 is 11.3 Å². The number of amides is 1. The van der Waals surface area contributed by atoms with Gasteiger partial charge >= 0.3 is 0 Å². The largest absolute Gasteiger partial charge is 0.384 e. The van der Waals surface area contributed by atoms with E-state index in [1.54, 1.807) is 24.6 Å². The molecule has 134 valence electrons. The van der Waals surface area contributed by atoms with Gasteiger partial charge in [-0.25, -0.2) is 9.97 Å². The van der Waals surface area contributed by atoms with Gasteiger partial charge in [-0.2, -0.15) is 0 Å². The summed E-state index contributed by atoms with van der Waals surface area (Å²) < 4.78 is 5.23. The predicted octanol–water partition coefficient (Wildman–Crippen LogP) is 2.96. The van der Waals surface area contributed by atoms with E-state index in [0.29, 0.717) is 24.6 Å². The number of aromatic nitrogens is 2. The smallest absolute Gasteiger partial charge is 0.255 e. The first-order valence-corrected chi connectivity index (χ1v) is 9.43. The Hall–Kier alpha value is -1.99. The minimum atomic E-state index is 0.0509. The number of likely N-dealkylation sites (tertiary alicyclic amines) is 1. The van der Waals surface area contributed by atoms with Gasteiger partial charge in [0, 0.05) is 31.8 Å². The monoisotopic (exact) mass is 360 g/mol. The van der Waals surface area contributed by atoms with E-state index in [4.69, 9.17) is 4.74 Å². The molecule has 1 fully saturated rings. The number of anilines is 1. The van der Waals surface area contributed by atoms with E-state index in [1.807, 2.05) is 29.3 Å². The molecule has 1 N–H and O–H groups in total. The lowest BCUT2D eigenvalue weighted by molar-refractivity contribution is 0.0570. The maximum absolute atomic E-state index is 12.7. The third kappa shape index (κ3) is 4.76. The van der Waals surface area contributed by atoms with Gasteiger partial charge in [0.15, 0.2) is 0 Å². The molecule has 1 saturated heterocycles. The number of ether oxygens (including phenoxy) is 1. The highest BCUT2D eigenvalue weighted by Crippen LogP contribution is 2.19. The zero-order valence-corrected chi connectivity index (χ0v) is 15.5. The molecular formula is C18H24N4O2S. The Kier molecular flexibility index (Phi) is 5.99. The Balaban J connectivity index is 1.56. The number of nitrogens with one attached hydrogen (secondary N) is 1. The molecule has 2 aromatic heterocycles. The van der Waals surface area contributed by atoms with E-state index in [0.717, 1.165) is 42.5 Å². The molecule has 0 saturated carbocycles. The lowest BCUT2D eigenvalue weighted by atomic mass is 9.98. The van der Waals surface area contributed by atoms with Crippen molar-refractivity contribution in [3.8, 4) is 0 Å². The Labute approximate surface area is 152 Å². The van der Waals surface area contributed by atoms with E-state index < -0.39 is 0 Å². The van der Waals surface area contributed by atoms with Crippen molar-refractivity contribution >= 4 is 23.1 Å². The highest BCUT2D eigenvalue weighted by atomic mass is 32.1. The number of carbonyl (C=O) groups is 1. The van der Waals surface area contributed by atoms with Crippen LogP contribution in [0.1, 0.15) is 33.9 Å². The molecule has 0 bridgehead atoms. The van der Waals surface area contributed by atoms with E-state index in [-0.39, 0.29) is 5.91 Å². The Morgan fingerprint density at radius 2 is 2.36 bits per heavy atom. The molecule has 7 heteroatoms. The summed E-state index contributed by atoms with van der Waals surface area (Å²) in [5.74, 6) is 1.23. The molecule has 0 aliphatic carbocycles. The van der Waals surface area contributed by atoms with Gasteiger partial charge in [0.05, 0.1) is 29.4 Å². The number of piperidine rings is 1. The number of nitrogens with zero attached hydrogens (tertiary/aromatic N) is 3. The summed E-state index contributed by atoms with van der Waals surface area (Å²) >= 11 is 1.63. The summed E-state index contributed by atoms with van der Waals surface area (Å²) in [5.41, 5.74) is 1.63. The summed E-state index contributed by atoms with van der Waals surface area (Å²) in [6.45, 7) is 4.90. The van der Waals surface area contributed by atoms with Crippen molar-refractivity contribution < 1.29 is 9.53 Å². The van der Waals surface area contributed by atoms with E-state index in [9.17, 15) is 4.79 Å². The molecular weight excluding hydrogens is 336 g/mol. The minimum absolute atomic E-state index is 0.0509. The van der Waals surface area contributed by atoms with Crippen molar-refractivity contribution in [1.29, 1.82) is 0 Å². The Bertz CT molecular complexity index is 699. The molecule has 6 nitrogen and oxygen atoms in total. The predicted molar refractivity (Wildman–Crippen MR) is 98.9 cm³/mol. The molecule has 3 rings (SSSR count). The Morgan fingerprint density at radius 3 is 3.04 bits per heavy atom. The maximum Gasteiger partial charge on any atom is 0.255 e. The average molecular weight is 360 g/mol. The average Bonchev–Trinajstić information content (AvgIpc) is 3.06. The van der Waals surface area contributed by atoms with Crippen molar-refractivity contribution in [3.05, 3.63) is 40.0 Å². The van der Waals surface area contributed by atoms with Crippen LogP contribution in [0.3, 0.4) is 0 Å². The zero-order valence-electron chi connectivity index (χ0n) is 14.7. The number of aryl methyl sites for hydroxylation is 1. The quantitative estimate of drug-likeness (QED) is 0.858. The van der Waals surface area contributed by atoms with Crippen molar-refractivity contribution in [2.45, 2.75) is 26.3 Å². The summed E-state index contributed by atoms with van der Waals surface area (Å²) in [4.78, 5) is 23.3. The van der Waals surface area contributed by atoms with Gasteiger partial charge in [0.2, 0.25) is 0 Å². The van der Waals surface area contributed by atoms with Crippen LogP contribution in [0, 0.1) is 12.8 Å². The summed E-state index contributed by atoms with van der Waals surface area (Å²) in [7, 11) is 1.71. The summed E-state index contributed by atoms with van der Waals surface area (Å²) in [6, 6.07) is 3.69. The Morgan fingerprint density at radius 1 is 1.48 bits per heavy atom. The molecule has 1 atom stereocenters. The SMILES string of the molecule is COCC1CCCN(C(=O)c2ccc(NCc3csc(C)n3)nc2)C1. The van der Waals surface area contributed by atoms with Crippen LogP contribution in [0.2, 0.25) is 0 Å². The van der Waals surface area contributed by atoms with Crippen LogP contribution in [0.15, 0.2) is 23.7 Å². The van der Waals surface area contributed by atoms with Crippen molar-refractivity contribution in [1.82, 2.24) is 14.9 Å². The number of rotatable bonds is 6. The van der Waals surface area contributed by atoms with Gasteiger partial charge in [-0.15, -0.1) is 11.3 Å². The fourth-order valence-electron chi connectivity index (χ4n) is 3.10. The van der Waals surface area contributed by atoms with Crippen LogP contribution in [0.4, 0.5) is 5.82 Å². The first kappa shape index (κ1) is 17.8. The van der Waals surface area contributed by atoms with Crippen LogP contribution in [-0.2, 0) is 11.3 Å². The van der Waals surface area contributed by atoms with E-state index in [2.05, 4.69) is 15.3 Å². The third-order valence-corrected chi connectivity index (χ3v) is 5.16. The fraction of sp³-hybridized carbons (Fsp3) is 0.500. The second-order valence-electron chi connectivity index (χ2n) is 6.36. The number of pyridine rings is 1. The first-order valence-electron chi connectivity index (χ1n) is 8.55. The molecule has 1 unspecified atom stereocenters. The van der Waals surface area contributed by atoms with E-state index >= 15 is 0 Å². The van der Waals surface area contributed by atoms with Crippen molar-refractivity contribution in [3.63, 3.8) is 0 Å². The molecule has 1 aliphatic rings. The minimum Gasteiger partial charge on any atom is -0.384 e. The molecule has 2 aromatic rings. The van der Waals surface area contributed by atoms with Crippen LogP contribution < -0.4 is 5.32 Å². The lowest BCUT2D eigenvalue weighted by Crippen LogP contribution is -2.41. The van der Waals surface area contributed by atoms with Gasteiger partial charge < -0.3 is 15.0 Å². The van der Waals surface area contributed by atoms with Crippen molar-refractivity contribution in [2.24, 2.45) is 5.92 Å². The molecule has 25 heavy (non-hydrogen) atoms. The summed E-state index contributed by atoms with van der Waals surface area (Å²) in [5, 5.41) is 6.32. The molecule has 3 heterocycles. The van der Waals surface area contributed by atoms with Crippen molar-refractivity contribution in [2.75, 3.05) is 32.1 Å². The summed E-state index contributed by atoms with van der Waals surface area (Å²) in [6.07, 6.45) is 3.80. The maximum atomic E-state index is 12.7. The first-order chi connectivity index (χ1) is 12.2. The fourth-order valence-corrected chi connectivity index (χ4v) is 3.71.